The normalized spacial score (nSPS) is 25.5. The molecule has 3 aliphatic heterocycles. The van der Waals surface area contributed by atoms with E-state index >= 15 is 0 Å². The molecule has 0 bridgehead atoms. The van der Waals surface area contributed by atoms with E-state index in [1.807, 2.05) is 0 Å². The summed E-state index contributed by atoms with van der Waals surface area (Å²) in [6, 6.07) is 27.6. The fraction of sp³-hybridized carbons (Fsp3) is 0.333. The number of fused-ring (bicyclic) bond motifs is 1. The van der Waals surface area contributed by atoms with Gasteiger partial charge in [0.1, 0.15) is 24.9 Å². The largest absolute Gasteiger partial charge is 0.463 e. The van der Waals surface area contributed by atoms with E-state index in [2.05, 4.69) is 0 Å². The van der Waals surface area contributed by atoms with E-state index < -0.39 is 122 Å². The molecule has 19 nitrogen and oxygen atoms in total. The zero-order valence-corrected chi connectivity index (χ0v) is 36.5. The van der Waals surface area contributed by atoms with Gasteiger partial charge in [-0.2, -0.15) is 0 Å². The Morgan fingerprint density at radius 2 is 0.881 bits per heavy atom. The fourth-order valence-corrected chi connectivity index (χ4v) is 7.86. The number of imide groups is 1. The summed E-state index contributed by atoms with van der Waals surface area (Å²) in [7, 11) is 1.22. The Morgan fingerprint density at radius 1 is 0.478 bits per heavy atom. The third kappa shape index (κ3) is 10.9. The van der Waals surface area contributed by atoms with Crippen LogP contribution < -0.4 is 0 Å². The van der Waals surface area contributed by atoms with E-state index in [1.54, 1.807) is 54.6 Å². The van der Waals surface area contributed by atoms with Gasteiger partial charge in [-0.1, -0.05) is 66.7 Å². The lowest BCUT2D eigenvalue weighted by Gasteiger charge is -2.48. The Morgan fingerprint density at radius 3 is 1.34 bits per heavy atom. The first-order valence-corrected chi connectivity index (χ1v) is 20.9. The standard InChI is InChI=1S/C48H45NO18/c1-26(50)59-24-34-37(61-27(2)51)39(62-28(3)52)36(49-42(53)32-22-14-15-23-33(32)43(49)54)47(63-34)60-25-35-38(65-44(55)29-16-8-5-9-17-29)40(66-45(56)30-18-10-6-11-19-30)41(48(58-4)64-35)67-46(57)31-20-12-7-13-21-31/h5-23,34-41,47-48H,24-25H2,1-4H3/t34-,35-,36-,37-,38-,39-,40+,41-,47-,48+/m1/s1. The number of hydrogen-bond acceptors (Lipinski definition) is 18. The molecule has 0 aliphatic carbocycles. The lowest BCUT2D eigenvalue weighted by Crippen LogP contribution is -2.68. The van der Waals surface area contributed by atoms with Crippen LogP contribution >= 0.6 is 0 Å². The maximum Gasteiger partial charge on any atom is 0.338 e. The van der Waals surface area contributed by atoms with Crippen molar-refractivity contribution in [2.45, 2.75) is 82.1 Å². The molecule has 0 N–H and O–H groups in total. The number of nitrogens with zero attached hydrogens (tertiary/aromatic N) is 1. The zero-order chi connectivity index (χ0) is 47.8. The van der Waals surface area contributed by atoms with Gasteiger partial charge in [-0.15, -0.1) is 0 Å². The first-order valence-electron chi connectivity index (χ1n) is 20.9. The molecule has 2 fully saturated rings. The lowest BCUT2D eigenvalue weighted by molar-refractivity contribution is -0.318. The van der Waals surface area contributed by atoms with Crippen LogP contribution in [-0.4, -0.2) is 134 Å². The third-order valence-corrected chi connectivity index (χ3v) is 10.8. The molecule has 350 valence electrons. The van der Waals surface area contributed by atoms with Crippen LogP contribution in [0, 0.1) is 0 Å². The number of carbonyl (C=O) groups excluding carboxylic acids is 8. The van der Waals surface area contributed by atoms with E-state index in [0.717, 1.165) is 25.7 Å². The van der Waals surface area contributed by atoms with Crippen molar-refractivity contribution in [3.8, 4) is 0 Å². The first kappa shape index (κ1) is 47.6. The highest BCUT2D eigenvalue weighted by Crippen LogP contribution is 2.37. The Bertz CT molecular complexity index is 2430. The summed E-state index contributed by atoms with van der Waals surface area (Å²) in [5, 5.41) is 0. The molecule has 19 heteroatoms. The van der Waals surface area contributed by atoms with Crippen LogP contribution in [0.2, 0.25) is 0 Å². The number of esters is 6. The number of hydrogen-bond donors (Lipinski definition) is 0. The van der Waals surface area contributed by atoms with Gasteiger partial charge in [0.25, 0.3) is 11.8 Å². The molecule has 10 atom stereocenters. The van der Waals surface area contributed by atoms with Gasteiger partial charge < -0.3 is 47.4 Å². The summed E-state index contributed by atoms with van der Waals surface area (Å²) in [5.41, 5.74) is 0.237. The fourth-order valence-electron chi connectivity index (χ4n) is 7.86. The van der Waals surface area contributed by atoms with E-state index in [0.29, 0.717) is 0 Å². The minimum absolute atomic E-state index is 0.00972. The average Bonchev–Trinajstić information content (AvgIpc) is 3.57. The Kier molecular flexibility index (Phi) is 15.2. The Balaban J connectivity index is 1.31. The summed E-state index contributed by atoms with van der Waals surface area (Å²) in [6.45, 7) is 1.89. The second-order valence-corrected chi connectivity index (χ2v) is 15.3. The SMILES string of the molecule is CO[C@H]1O[C@H](CO[C@@H]2O[C@H](COC(C)=O)[C@@H](OC(C)=O)[C@H](OC(C)=O)[C@H]2N2C(=O)c3ccccc3C2=O)[C@@H](OC(=O)c2ccccc2)[C@H](OC(=O)c2ccccc2)[C@H]1OC(=O)c1ccccc1. The smallest absolute Gasteiger partial charge is 0.338 e. The molecule has 0 radical (unpaired) electrons. The van der Waals surface area contributed by atoms with Crippen LogP contribution in [0.15, 0.2) is 115 Å². The van der Waals surface area contributed by atoms with Crippen molar-refractivity contribution in [2.75, 3.05) is 20.3 Å². The van der Waals surface area contributed by atoms with Gasteiger partial charge in [0.15, 0.2) is 43.1 Å². The van der Waals surface area contributed by atoms with Gasteiger partial charge in [-0.05, 0) is 48.5 Å². The molecule has 2 amide bonds. The van der Waals surface area contributed by atoms with Crippen molar-refractivity contribution < 1.29 is 85.7 Å². The summed E-state index contributed by atoms with van der Waals surface area (Å²) in [4.78, 5) is 108. The summed E-state index contributed by atoms with van der Waals surface area (Å²) < 4.78 is 59.5. The van der Waals surface area contributed by atoms with Gasteiger partial charge >= 0.3 is 35.8 Å². The van der Waals surface area contributed by atoms with Gasteiger partial charge in [0, 0.05) is 27.9 Å². The minimum Gasteiger partial charge on any atom is -0.463 e. The molecule has 7 rings (SSSR count). The molecule has 0 saturated carbocycles. The average molecular weight is 924 g/mol. The summed E-state index contributed by atoms with van der Waals surface area (Å²) in [6.07, 6.45) is -14.7. The molecule has 4 aromatic carbocycles. The number of carbonyl (C=O) groups is 8. The quantitative estimate of drug-likeness (QED) is 0.0935. The maximum absolute atomic E-state index is 14.2. The summed E-state index contributed by atoms with van der Waals surface area (Å²) in [5.74, 6) is -7.00. The second kappa shape index (κ2) is 21.3. The van der Waals surface area contributed by atoms with E-state index in [-0.39, 0.29) is 27.8 Å². The van der Waals surface area contributed by atoms with Gasteiger partial charge in [-0.25, -0.2) is 14.4 Å². The molecule has 2 saturated heterocycles. The van der Waals surface area contributed by atoms with Crippen LogP contribution in [0.5, 0.6) is 0 Å². The number of amides is 2. The summed E-state index contributed by atoms with van der Waals surface area (Å²) >= 11 is 0. The monoisotopic (exact) mass is 923 g/mol. The van der Waals surface area contributed by atoms with Crippen molar-refractivity contribution in [3.63, 3.8) is 0 Å². The zero-order valence-electron chi connectivity index (χ0n) is 36.5. The van der Waals surface area contributed by atoms with E-state index in [1.165, 1.54) is 67.8 Å². The van der Waals surface area contributed by atoms with Crippen LogP contribution in [0.4, 0.5) is 0 Å². The molecule has 0 aromatic heterocycles. The topological polar surface area (TPSA) is 232 Å². The first-order chi connectivity index (χ1) is 32.2. The predicted molar refractivity (Wildman–Crippen MR) is 226 cm³/mol. The van der Waals surface area contributed by atoms with Gasteiger partial charge in [-0.3, -0.25) is 28.9 Å². The van der Waals surface area contributed by atoms with E-state index in [9.17, 15) is 38.4 Å². The molecule has 0 unspecified atom stereocenters. The molecule has 4 aromatic rings. The molecule has 67 heavy (non-hydrogen) atoms. The third-order valence-electron chi connectivity index (χ3n) is 10.8. The molecule has 3 aliphatic rings. The van der Waals surface area contributed by atoms with Crippen molar-refractivity contribution in [1.82, 2.24) is 4.90 Å². The van der Waals surface area contributed by atoms with E-state index in [4.69, 9.17) is 47.4 Å². The van der Waals surface area contributed by atoms with Gasteiger partial charge in [0.05, 0.1) is 34.4 Å². The van der Waals surface area contributed by atoms with Crippen molar-refractivity contribution in [2.24, 2.45) is 0 Å². The van der Waals surface area contributed by atoms with Crippen molar-refractivity contribution >= 4 is 47.6 Å². The predicted octanol–water partition coefficient (Wildman–Crippen LogP) is 3.87. The van der Waals surface area contributed by atoms with Crippen LogP contribution in [0.1, 0.15) is 72.6 Å². The highest BCUT2D eigenvalue weighted by molar-refractivity contribution is 6.21. The number of methoxy groups -OCH3 is 1. The second-order valence-electron chi connectivity index (χ2n) is 15.3. The minimum atomic E-state index is -1.83. The highest BCUT2D eigenvalue weighted by Gasteiger charge is 2.59. The highest BCUT2D eigenvalue weighted by atomic mass is 16.7. The van der Waals surface area contributed by atoms with Crippen molar-refractivity contribution in [3.05, 3.63) is 143 Å². The van der Waals surface area contributed by atoms with Crippen molar-refractivity contribution in [1.29, 1.82) is 0 Å². The van der Waals surface area contributed by atoms with Crippen LogP contribution in [0.3, 0.4) is 0 Å². The van der Waals surface area contributed by atoms with Crippen LogP contribution in [-0.2, 0) is 61.8 Å². The molecular weight excluding hydrogens is 879 g/mol. The molecular formula is C48H45NO18. The molecule has 3 heterocycles. The van der Waals surface area contributed by atoms with Gasteiger partial charge in [0.2, 0.25) is 0 Å². The molecule has 0 spiro atoms. The number of ether oxygens (including phenoxy) is 10. The van der Waals surface area contributed by atoms with Crippen LogP contribution in [0.25, 0.3) is 0 Å². The Labute approximate surface area is 383 Å². The number of benzene rings is 4. The Hall–Kier alpha value is -7.32. The number of rotatable bonds is 15. The maximum atomic E-state index is 14.2. The lowest BCUT2D eigenvalue weighted by atomic mass is 9.94.